The number of aromatic nitrogens is 1. The predicted molar refractivity (Wildman–Crippen MR) is 72.4 cm³/mol. The van der Waals surface area contributed by atoms with Gasteiger partial charge in [0.05, 0.1) is 12.1 Å². The van der Waals surface area contributed by atoms with E-state index < -0.39 is 5.97 Å². The largest absolute Gasteiger partial charge is 0.481 e. The van der Waals surface area contributed by atoms with Crippen molar-refractivity contribution in [2.75, 3.05) is 6.79 Å². The molecule has 1 N–H and O–H groups in total. The molecule has 0 atom stereocenters. The van der Waals surface area contributed by atoms with Gasteiger partial charge in [-0.05, 0) is 18.2 Å². The lowest BCUT2D eigenvalue weighted by Gasteiger charge is -2.07. The van der Waals surface area contributed by atoms with E-state index in [4.69, 9.17) is 14.6 Å². The molecule has 3 rings (SSSR count). The molecule has 0 radical (unpaired) electrons. The van der Waals surface area contributed by atoms with E-state index >= 15 is 0 Å². The maximum atomic E-state index is 11.8. The Morgan fingerprint density at radius 1 is 1.35 bits per heavy atom. The number of aliphatic carboxylic acids is 1. The summed E-state index contributed by atoms with van der Waals surface area (Å²) in [5.41, 5.74) is 1.50. The number of benzene rings is 1. The van der Waals surface area contributed by atoms with Crippen LogP contribution >= 0.6 is 11.3 Å². The van der Waals surface area contributed by atoms with Crippen molar-refractivity contribution >= 4 is 17.3 Å². The lowest BCUT2D eigenvalue weighted by molar-refractivity contribution is -0.137. The molecule has 0 spiro atoms. The van der Waals surface area contributed by atoms with Gasteiger partial charge in [0.2, 0.25) is 6.79 Å². The van der Waals surface area contributed by atoms with E-state index in [1.165, 1.54) is 4.57 Å². The SMILES string of the molecule is O=C(O)CCn1c(-c2ccc3c(c2)OCO3)csc1=O. The van der Waals surface area contributed by atoms with Crippen LogP contribution in [-0.2, 0) is 11.3 Å². The number of hydrogen-bond donors (Lipinski definition) is 1. The monoisotopic (exact) mass is 293 g/mol. The third-order valence-corrected chi connectivity index (χ3v) is 3.76. The molecule has 0 fully saturated rings. The number of carbonyl (C=O) groups is 1. The van der Waals surface area contributed by atoms with Gasteiger partial charge in [-0.15, -0.1) is 0 Å². The predicted octanol–water partition coefficient (Wildman–Crippen LogP) is 1.78. The molecule has 0 saturated heterocycles. The minimum atomic E-state index is -0.931. The average Bonchev–Trinajstić information content (AvgIpc) is 3.01. The fourth-order valence-electron chi connectivity index (χ4n) is 2.03. The third kappa shape index (κ3) is 2.27. The molecule has 1 aromatic heterocycles. The van der Waals surface area contributed by atoms with Crippen LogP contribution in [0.3, 0.4) is 0 Å². The fraction of sp³-hybridized carbons (Fsp3) is 0.231. The van der Waals surface area contributed by atoms with Gasteiger partial charge in [-0.2, -0.15) is 0 Å². The van der Waals surface area contributed by atoms with E-state index in [0.29, 0.717) is 17.2 Å². The van der Waals surface area contributed by atoms with Crippen LogP contribution in [0.2, 0.25) is 0 Å². The van der Waals surface area contributed by atoms with Crippen LogP contribution in [0.4, 0.5) is 0 Å². The third-order valence-electron chi connectivity index (χ3n) is 3.00. The van der Waals surface area contributed by atoms with Crippen LogP contribution in [0.5, 0.6) is 11.5 Å². The average molecular weight is 293 g/mol. The Morgan fingerprint density at radius 3 is 2.95 bits per heavy atom. The molecule has 1 aromatic carbocycles. The second-order valence-electron chi connectivity index (χ2n) is 4.25. The Morgan fingerprint density at radius 2 is 2.15 bits per heavy atom. The molecule has 0 unspecified atom stereocenters. The van der Waals surface area contributed by atoms with Gasteiger partial charge in [0.25, 0.3) is 0 Å². The maximum absolute atomic E-state index is 11.8. The molecule has 0 saturated carbocycles. The van der Waals surface area contributed by atoms with Crippen LogP contribution in [-0.4, -0.2) is 22.4 Å². The van der Waals surface area contributed by atoms with Gasteiger partial charge < -0.3 is 14.6 Å². The van der Waals surface area contributed by atoms with Crippen LogP contribution in [0.25, 0.3) is 11.3 Å². The highest BCUT2D eigenvalue weighted by Gasteiger charge is 2.16. The Hall–Kier alpha value is -2.28. The van der Waals surface area contributed by atoms with Crippen molar-refractivity contribution in [3.05, 3.63) is 33.2 Å². The summed E-state index contributed by atoms with van der Waals surface area (Å²) in [6.07, 6.45) is -0.0891. The highest BCUT2D eigenvalue weighted by Crippen LogP contribution is 2.35. The first kappa shape index (κ1) is 12.7. The first-order chi connectivity index (χ1) is 9.65. The van der Waals surface area contributed by atoms with Gasteiger partial charge >= 0.3 is 10.8 Å². The minimum Gasteiger partial charge on any atom is -0.481 e. The summed E-state index contributed by atoms with van der Waals surface area (Å²) in [5.74, 6) is 0.370. The number of carboxylic acids is 1. The van der Waals surface area contributed by atoms with Gasteiger partial charge in [0, 0.05) is 17.5 Å². The molecule has 0 amide bonds. The first-order valence-corrected chi connectivity index (χ1v) is 6.83. The Kier molecular flexibility index (Phi) is 3.19. The number of hydrogen-bond acceptors (Lipinski definition) is 5. The molecule has 1 aliphatic rings. The van der Waals surface area contributed by atoms with Crippen molar-refractivity contribution in [2.24, 2.45) is 0 Å². The minimum absolute atomic E-state index is 0.0891. The fourth-order valence-corrected chi connectivity index (χ4v) is 2.82. The number of rotatable bonds is 4. The molecule has 1 aliphatic heterocycles. The second-order valence-corrected chi connectivity index (χ2v) is 5.07. The van der Waals surface area contributed by atoms with Crippen molar-refractivity contribution in [3.63, 3.8) is 0 Å². The summed E-state index contributed by atoms with van der Waals surface area (Å²) >= 11 is 1.05. The topological polar surface area (TPSA) is 77.8 Å². The highest BCUT2D eigenvalue weighted by molar-refractivity contribution is 7.07. The Balaban J connectivity index is 1.98. The van der Waals surface area contributed by atoms with E-state index in [1.807, 2.05) is 6.07 Å². The van der Waals surface area contributed by atoms with E-state index in [-0.39, 0.29) is 24.6 Å². The molecular weight excluding hydrogens is 282 g/mol. The molecule has 6 nitrogen and oxygen atoms in total. The van der Waals surface area contributed by atoms with Crippen LogP contribution in [0, 0.1) is 0 Å². The van der Waals surface area contributed by atoms with E-state index in [0.717, 1.165) is 16.9 Å². The Labute approximate surface area is 117 Å². The number of ether oxygens (including phenoxy) is 2. The van der Waals surface area contributed by atoms with Crippen molar-refractivity contribution < 1.29 is 19.4 Å². The summed E-state index contributed by atoms with van der Waals surface area (Å²) < 4.78 is 12.0. The number of nitrogens with zero attached hydrogens (tertiary/aromatic N) is 1. The van der Waals surface area contributed by atoms with Crippen molar-refractivity contribution in [2.45, 2.75) is 13.0 Å². The van der Waals surface area contributed by atoms with Crippen LogP contribution in [0.1, 0.15) is 6.42 Å². The standard InChI is InChI=1S/C13H11NO5S/c15-12(16)3-4-14-9(6-20-13(14)17)8-1-2-10-11(5-8)19-7-18-10/h1-2,5-6H,3-4,7H2,(H,15,16). The van der Waals surface area contributed by atoms with Crippen molar-refractivity contribution in [1.82, 2.24) is 4.57 Å². The number of thiazole rings is 1. The number of carboxylic acid groups (broad SMARTS) is 1. The van der Waals surface area contributed by atoms with Gasteiger partial charge in [0.15, 0.2) is 11.5 Å². The molecule has 2 aromatic rings. The summed E-state index contributed by atoms with van der Waals surface area (Å²) in [7, 11) is 0. The zero-order valence-corrected chi connectivity index (χ0v) is 11.2. The summed E-state index contributed by atoms with van der Waals surface area (Å²) in [5, 5.41) is 10.5. The van der Waals surface area contributed by atoms with E-state index in [9.17, 15) is 9.59 Å². The smallest absolute Gasteiger partial charge is 0.307 e. The summed E-state index contributed by atoms with van der Waals surface area (Å²) in [6.45, 7) is 0.343. The molecule has 2 heterocycles. The van der Waals surface area contributed by atoms with Crippen LogP contribution < -0.4 is 14.3 Å². The molecule has 0 bridgehead atoms. The summed E-state index contributed by atoms with van der Waals surface area (Å²) in [6, 6.07) is 5.40. The molecule has 7 heteroatoms. The van der Waals surface area contributed by atoms with Gasteiger partial charge in [-0.25, -0.2) is 0 Å². The van der Waals surface area contributed by atoms with Gasteiger partial charge in [-0.3, -0.25) is 14.2 Å². The lowest BCUT2D eigenvalue weighted by Crippen LogP contribution is -2.16. The zero-order valence-electron chi connectivity index (χ0n) is 10.4. The second kappa shape index (κ2) is 5.01. The van der Waals surface area contributed by atoms with E-state index in [1.54, 1.807) is 17.5 Å². The van der Waals surface area contributed by atoms with Crippen molar-refractivity contribution in [3.8, 4) is 22.8 Å². The normalized spacial score (nSPS) is 12.6. The molecular formula is C13H11NO5S. The van der Waals surface area contributed by atoms with E-state index in [2.05, 4.69) is 0 Å². The molecule has 20 heavy (non-hydrogen) atoms. The highest BCUT2D eigenvalue weighted by atomic mass is 32.1. The molecule has 0 aliphatic carbocycles. The lowest BCUT2D eigenvalue weighted by atomic mass is 10.1. The maximum Gasteiger partial charge on any atom is 0.307 e. The summed E-state index contributed by atoms with van der Waals surface area (Å²) in [4.78, 5) is 22.3. The molecule has 104 valence electrons. The van der Waals surface area contributed by atoms with Gasteiger partial charge in [0.1, 0.15) is 0 Å². The van der Waals surface area contributed by atoms with Gasteiger partial charge in [-0.1, -0.05) is 11.3 Å². The first-order valence-electron chi connectivity index (χ1n) is 5.95. The quantitative estimate of drug-likeness (QED) is 0.929. The number of fused-ring (bicyclic) bond motifs is 1. The van der Waals surface area contributed by atoms with Crippen LogP contribution in [0.15, 0.2) is 28.4 Å². The zero-order chi connectivity index (χ0) is 14.1. The van der Waals surface area contributed by atoms with Crippen molar-refractivity contribution in [1.29, 1.82) is 0 Å². The Bertz CT molecular complexity index is 718.